The first-order valence-electron chi connectivity index (χ1n) is 9.93. The largest absolute Gasteiger partial charge is 0.349 e. The number of rotatable bonds is 4. The van der Waals surface area contributed by atoms with Gasteiger partial charge in [-0.05, 0) is 44.9 Å². The van der Waals surface area contributed by atoms with Crippen LogP contribution >= 0.6 is 0 Å². The van der Waals surface area contributed by atoms with Crippen molar-refractivity contribution in [2.75, 3.05) is 14.1 Å². The summed E-state index contributed by atoms with van der Waals surface area (Å²) in [5.41, 5.74) is 2.42. The average Bonchev–Trinajstić information content (AvgIpc) is 3.38. The van der Waals surface area contributed by atoms with Gasteiger partial charge in [-0.15, -0.1) is 0 Å². The number of hydrogen-bond donors (Lipinski definition) is 1. The van der Waals surface area contributed by atoms with Crippen molar-refractivity contribution in [1.29, 1.82) is 0 Å². The Labute approximate surface area is 164 Å². The zero-order chi connectivity index (χ0) is 19.7. The normalized spacial score (nSPS) is 21.2. The summed E-state index contributed by atoms with van der Waals surface area (Å²) in [4.78, 5) is 40.0. The van der Waals surface area contributed by atoms with Crippen LogP contribution in [0.15, 0.2) is 18.7 Å². The van der Waals surface area contributed by atoms with Crippen LogP contribution in [0.4, 0.5) is 0 Å². The first-order valence-corrected chi connectivity index (χ1v) is 9.93. The Kier molecular flexibility index (Phi) is 5.11. The number of imidazole rings is 1. The van der Waals surface area contributed by atoms with Gasteiger partial charge in [0, 0.05) is 49.7 Å². The molecule has 0 saturated heterocycles. The van der Waals surface area contributed by atoms with Gasteiger partial charge in [-0.1, -0.05) is 0 Å². The van der Waals surface area contributed by atoms with Crippen LogP contribution in [0.25, 0.3) is 5.95 Å². The molecule has 0 atom stereocenters. The molecule has 2 amide bonds. The number of fused-ring (bicyclic) bond motifs is 1. The molecule has 2 aromatic heterocycles. The number of aromatic nitrogens is 4. The second kappa shape index (κ2) is 7.69. The molecule has 2 heterocycles. The highest BCUT2D eigenvalue weighted by Gasteiger charge is 2.30. The Bertz CT molecular complexity index is 869. The highest BCUT2D eigenvalue weighted by Crippen LogP contribution is 2.27. The second-order valence-corrected chi connectivity index (χ2v) is 7.88. The molecule has 8 heteroatoms. The summed E-state index contributed by atoms with van der Waals surface area (Å²) in [6.45, 7) is 0. The standard InChI is InChI=1S/C20H26N6O2/c1-25(2)19(28)13-6-8-14(9-7-13)22-18(27)17-15-4-3-5-16(15)23-20(24-17)26-11-10-21-12-26/h10-14H,3-9H2,1-2H3,(H,22,27)/t13-,14-. The maximum Gasteiger partial charge on any atom is 0.270 e. The summed E-state index contributed by atoms with van der Waals surface area (Å²) >= 11 is 0. The van der Waals surface area contributed by atoms with E-state index in [0.717, 1.165) is 56.2 Å². The van der Waals surface area contributed by atoms with Gasteiger partial charge in [0.05, 0.1) is 0 Å². The van der Waals surface area contributed by atoms with Crippen molar-refractivity contribution in [2.24, 2.45) is 5.92 Å². The van der Waals surface area contributed by atoms with E-state index >= 15 is 0 Å². The topological polar surface area (TPSA) is 93.0 Å². The number of carbonyl (C=O) groups excluding carboxylic acids is 2. The van der Waals surface area contributed by atoms with Crippen LogP contribution in [0.1, 0.15) is 53.8 Å². The van der Waals surface area contributed by atoms with Gasteiger partial charge in [0.25, 0.3) is 5.91 Å². The summed E-state index contributed by atoms with van der Waals surface area (Å²) in [6, 6.07) is 0.0856. The van der Waals surface area contributed by atoms with Gasteiger partial charge >= 0.3 is 0 Å². The number of aryl methyl sites for hydroxylation is 1. The SMILES string of the molecule is CN(C)C(=O)[C@H]1CC[C@H](NC(=O)c2nc(-n3ccnc3)nc3c2CCC3)CC1. The van der Waals surface area contributed by atoms with E-state index < -0.39 is 0 Å². The van der Waals surface area contributed by atoms with Crippen LogP contribution < -0.4 is 5.32 Å². The van der Waals surface area contributed by atoms with Crippen molar-refractivity contribution in [2.45, 2.75) is 51.0 Å². The van der Waals surface area contributed by atoms with Gasteiger partial charge in [-0.25, -0.2) is 15.0 Å². The molecule has 2 aromatic rings. The second-order valence-electron chi connectivity index (χ2n) is 7.88. The molecule has 148 valence electrons. The molecule has 4 rings (SSSR count). The molecule has 0 spiro atoms. The number of nitrogens with one attached hydrogen (secondary N) is 1. The van der Waals surface area contributed by atoms with Gasteiger partial charge in [-0.3, -0.25) is 14.2 Å². The zero-order valence-corrected chi connectivity index (χ0v) is 16.4. The van der Waals surface area contributed by atoms with Crippen LogP contribution in [-0.2, 0) is 17.6 Å². The van der Waals surface area contributed by atoms with E-state index in [9.17, 15) is 9.59 Å². The number of carbonyl (C=O) groups is 2. The lowest BCUT2D eigenvalue weighted by molar-refractivity contribution is -0.134. The minimum absolute atomic E-state index is 0.0688. The van der Waals surface area contributed by atoms with E-state index in [1.807, 2.05) is 0 Å². The fraction of sp³-hybridized carbons (Fsp3) is 0.550. The Morgan fingerprint density at radius 3 is 2.61 bits per heavy atom. The molecule has 2 aliphatic carbocycles. The molecule has 0 bridgehead atoms. The molecule has 0 unspecified atom stereocenters. The fourth-order valence-electron chi connectivity index (χ4n) is 4.20. The van der Waals surface area contributed by atoms with Gasteiger partial charge in [0.1, 0.15) is 12.0 Å². The monoisotopic (exact) mass is 382 g/mol. The van der Waals surface area contributed by atoms with Gasteiger partial charge in [0.2, 0.25) is 11.9 Å². The minimum Gasteiger partial charge on any atom is -0.349 e. The Morgan fingerprint density at radius 2 is 1.93 bits per heavy atom. The molecule has 0 aromatic carbocycles. The minimum atomic E-state index is -0.135. The number of hydrogen-bond acceptors (Lipinski definition) is 5. The lowest BCUT2D eigenvalue weighted by Crippen LogP contribution is -2.41. The molecule has 8 nitrogen and oxygen atoms in total. The van der Waals surface area contributed by atoms with Crippen LogP contribution in [0.3, 0.4) is 0 Å². The van der Waals surface area contributed by atoms with E-state index in [1.165, 1.54) is 0 Å². The first-order chi connectivity index (χ1) is 13.5. The Balaban J connectivity index is 1.48. The van der Waals surface area contributed by atoms with Crippen LogP contribution in [-0.4, -0.2) is 56.4 Å². The van der Waals surface area contributed by atoms with Gasteiger partial charge in [-0.2, -0.15) is 0 Å². The molecule has 1 fully saturated rings. The van der Waals surface area contributed by atoms with Crippen molar-refractivity contribution in [3.8, 4) is 5.95 Å². The molecular weight excluding hydrogens is 356 g/mol. The summed E-state index contributed by atoms with van der Waals surface area (Å²) in [6.07, 6.45) is 11.1. The molecular formula is C20H26N6O2. The van der Waals surface area contributed by atoms with Gasteiger partial charge < -0.3 is 10.2 Å². The first kappa shape index (κ1) is 18.6. The third-order valence-corrected chi connectivity index (χ3v) is 5.72. The summed E-state index contributed by atoms with van der Waals surface area (Å²) in [5.74, 6) is 0.607. The van der Waals surface area contributed by atoms with Crippen molar-refractivity contribution in [1.82, 2.24) is 29.7 Å². The molecule has 1 N–H and O–H groups in total. The van der Waals surface area contributed by atoms with E-state index in [2.05, 4.69) is 20.3 Å². The highest BCUT2D eigenvalue weighted by atomic mass is 16.2. The number of nitrogens with zero attached hydrogens (tertiary/aromatic N) is 5. The molecule has 1 saturated carbocycles. The van der Waals surface area contributed by atoms with Crippen molar-refractivity contribution < 1.29 is 9.59 Å². The summed E-state index contributed by atoms with van der Waals surface area (Å²) < 4.78 is 1.73. The van der Waals surface area contributed by atoms with Crippen LogP contribution in [0.2, 0.25) is 0 Å². The smallest absolute Gasteiger partial charge is 0.270 e. The van der Waals surface area contributed by atoms with Crippen molar-refractivity contribution in [3.63, 3.8) is 0 Å². The summed E-state index contributed by atoms with van der Waals surface area (Å²) in [7, 11) is 3.59. The number of amides is 2. The van der Waals surface area contributed by atoms with Crippen molar-refractivity contribution in [3.05, 3.63) is 35.7 Å². The molecule has 0 aliphatic heterocycles. The van der Waals surface area contributed by atoms with Gasteiger partial charge in [0.15, 0.2) is 0 Å². The van der Waals surface area contributed by atoms with E-state index in [-0.39, 0.29) is 23.8 Å². The van der Waals surface area contributed by atoms with Crippen LogP contribution in [0.5, 0.6) is 0 Å². The van der Waals surface area contributed by atoms with E-state index in [4.69, 9.17) is 0 Å². The van der Waals surface area contributed by atoms with Crippen molar-refractivity contribution >= 4 is 11.8 Å². The third-order valence-electron chi connectivity index (χ3n) is 5.72. The predicted octanol–water partition coefficient (Wildman–Crippen LogP) is 1.53. The van der Waals surface area contributed by atoms with Crippen LogP contribution in [0, 0.1) is 5.92 Å². The maximum atomic E-state index is 13.0. The molecule has 0 radical (unpaired) electrons. The summed E-state index contributed by atoms with van der Waals surface area (Å²) in [5, 5.41) is 3.15. The quantitative estimate of drug-likeness (QED) is 0.866. The lowest BCUT2D eigenvalue weighted by atomic mass is 9.85. The molecule has 2 aliphatic rings. The molecule has 28 heavy (non-hydrogen) atoms. The Morgan fingerprint density at radius 1 is 1.14 bits per heavy atom. The lowest BCUT2D eigenvalue weighted by Gasteiger charge is -2.30. The zero-order valence-electron chi connectivity index (χ0n) is 16.4. The van der Waals surface area contributed by atoms with E-state index in [1.54, 1.807) is 42.3 Å². The third kappa shape index (κ3) is 3.63. The van der Waals surface area contributed by atoms with E-state index in [0.29, 0.717) is 11.6 Å². The maximum absolute atomic E-state index is 13.0. The fourth-order valence-corrected chi connectivity index (χ4v) is 4.20. The predicted molar refractivity (Wildman–Crippen MR) is 103 cm³/mol. The Hall–Kier alpha value is -2.77. The average molecular weight is 382 g/mol. The highest BCUT2D eigenvalue weighted by molar-refractivity contribution is 5.94.